The van der Waals surface area contributed by atoms with Crippen LogP contribution in [0, 0.1) is 0 Å². The van der Waals surface area contributed by atoms with Crippen LogP contribution in [0.3, 0.4) is 0 Å². The van der Waals surface area contributed by atoms with Gasteiger partial charge in [0, 0.05) is 29.7 Å². The first-order valence-electron chi connectivity index (χ1n) is 11.0. The summed E-state index contributed by atoms with van der Waals surface area (Å²) in [6.07, 6.45) is -1.97. The number of anilines is 2. The molecule has 0 bridgehead atoms. The van der Waals surface area contributed by atoms with Gasteiger partial charge in [0.15, 0.2) is 0 Å². The first-order valence-corrected chi connectivity index (χ1v) is 11.0. The Kier molecular flexibility index (Phi) is 6.91. The fourth-order valence-corrected chi connectivity index (χ4v) is 3.88. The SMILES string of the molecule is O=C(O)c1ccc(-c2ccc(NC(=O)[C@H]3CCCN3C(=O)Nc3ccc(C(F)(F)F)cc3)cc2)cn1. The summed E-state index contributed by atoms with van der Waals surface area (Å²) in [5.41, 5.74) is 1.30. The van der Waals surface area contributed by atoms with Crippen molar-refractivity contribution in [3.8, 4) is 11.1 Å². The topological polar surface area (TPSA) is 112 Å². The molecule has 11 heteroatoms. The fraction of sp³-hybridized carbons (Fsp3) is 0.200. The number of nitrogens with zero attached hydrogens (tertiary/aromatic N) is 2. The van der Waals surface area contributed by atoms with Crippen molar-refractivity contribution in [3.63, 3.8) is 0 Å². The number of rotatable bonds is 5. The van der Waals surface area contributed by atoms with Crippen molar-refractivity contribution in [2.45, 2.75) is 25.1 Å². The van der Waals surface area contributed by atoms with E-state index in [2.05, 4.69) is 15.6 Å². The van der Waals surface area contributed by atoms with Gasteiger partial charge in [-0.25, -0.2) is 14.6 Å². The van der Waals surface area contributed by atoms with Crippen LogP contribution < -0.4 is 10.6 Å². The predicted molar refractivity (Wildman–Crippen MR) is 125 cm³/mol. The van der Waals surface area contributed by atoms with E-state index in [4.69, 9.17) is 5.11 Å². The molecule has 2 aromatic carbocycles. The molecule has 186 valence electrons. The van der Waals surface area contributed by atoms with Gasteiger partial charge in [-0.15, -0.1) is 0 Å². The molecule has 1 aliphatic rings. The summed E-state index contributed by atoms with van der Waals surface area (Å²) in [6.45, 7) is 0.336. The van der Waals surface area contributed by atoms with Gasteiger partial charge in [0.2, 0.25) is 5.91 Å². The van der Waals surface area contributed by atoms with E-state index in [0.29, 0.717) is 30.6 Å². The van der Waals surface area contributed by atoms with Gasteiger partial charge in [-0.05, 0) is 60.9 Å². The van der Waals surface area contributed by atoms with E-state index in [1.165, 1.54) is 17.2 Å². The number of carboxylic acid groups (broad SMARTS) is 1. The molecular weight excluding hydrogens is 477 g/mol. The van der Waals surface area contributed by atoms with Gasteiger partial charge in [0.25, 0.3) is 0 Å². The van der Waals surface area contributed by atoms with Crippen LogP contribution in [0.1, 0.15) is 28.9 Å². The number of hydrogen-bond acceptors (Lipinski definition) is 4. The van der Waals surface area contributed by atoms with Crippen molar-refractivity contribution in [3.05, 3.63) is 78.1 Å². The van der Waals surface area contributed by atoms with Crippen LogP contribution in [-0.2, 0) is 11.0 Å². The first-order chi connectivity index (χ1) is 17.1. The number of alkyl halides is 3. The van der Waals surface area contributed by atoms with Crippen molar-refractivity contribution in [1.82, 2.24) is 9.88 Å². The van der Waals surface area contributed by atoms with Crippen LogP contribution in [0.4, 0.5) is 29.3 Å². The van der Waals surface area contributed by atoms with Gasteiger partial charge in [0.05, 0.1) is 5.56 Å². The van der Waals surface area contributed by atoms with Crippen LogP contribution in [0.5, 0.6) is 0 Å². The molecule has 2 heterocycles. The third kappa shape index (κ3) is 5.62. The minimum atomic E-state index is -4.47. The monoisotopic (exact) mass is 498 g/mol. The van der Waals surface area contributed by atoms with Gasteiger partial charge in [-0.1, -0.05) is 18.2 Å². The average molecular weight is 498 g/mol. The van der Waals surface area contributed by atoms with Gasteiger partial charge in [-0.2, -0.15) is 13.2 Å². The van der Waals surface area contributed by atoms with Gasteiger partial charge in [-0.3, -0.25) is 4.79 Å². The molecule has 0 aliphatic carbocycles. The first kappa shape index (κ1) is 24.7. The minimum Gasteiger partial charge on any atom is -0.477 e. The summed E-state index contributed by atoms with van der Waals surface area (Å²) in [5, 5.41) is 14.3. The number of aromatic nitrogens is 1. The third-order valence-electron chi connectivity index (χ3n) is 5.75. The van der Waals surface area contributed by atoms with Crippen LogP contribution in [0.2, 0.25) is 0 Å². The number of carboxylic acids is 1. The number of halogens is 3. The van der Waals surface area contributed by atoms with Gasteiger partial charge < -0.3 is 20.6 Å². The zero-order chi connectivity index (χ0) is 25.9. The van der Waals surface area contributed by atoms with Crippen LogP contribution >= 0.6 is 0 Å². The lowest BCUT2D eigenvalue weighted by Crippen LogP contribution is -2.45. The standard InChI is InChI=1S/C25H21F3N4O4/c26-25(27,28)17-6-10-19(11-7-17)31-24(36)32-13-1-2-21(32)22(33)30-18-8-3-15(4-9-18)16-5-12-20(23(34)35)29-14-16/h3-12,14,21H,1-2,13H2,(H,30,33)(H,31,36)(H,34,35)/t21-/m1/s1. The molecule has 1 aliphatic heterocycles. The summed E-state index contributed by atoms with van der Waals surface area (Å²) in [4.78, 5) is 41.8. The summed E-state index contributed by atoms with van der Waals surface area (Å²) in [6, 6.07) is 12.7. The molecule has 1 saturated heterocycles. The highest BCUT2D eigenvalue weighted by Crippen LogP contribution is 2.30. The molecular formula is C25H21F3N4O4. The Labute approximate surface area is 203 Å². The van der Waals surface area contributed by atoms with E-state index in [-0.39, 0.29) is 17.3 Å². The Morgan fingerprint density at radius 2 is 1.50 bits per heavy atom. The molecule has 3 amide bonds. The number of benzene rings is 2. The summed E-state index contributed by atoms with van der Waals surface area (Å²) < 4.78 is 38.2. The Balaban J connectivity index is 1.37. The number of hydrogen-bond donors (Lipinski definition) is 3. The lowest BCUT2D eigenvalue weighted by molar-refractivity contribution is -0.137. The van der Waals surface area contributed by atoms with Crippen molar-refractivity contribution in [2.24, 2.45) is 0 Å². The number of aromatic carboxylic acids is 1. The molecule has 3 aromatic rings. The maximum Gasteiger partial charge on any atom is 0.416 e. The van der Waals surface area contributed by atoms with E-state index in [1.807, 2.05) is 0 Å². The molecule has 1 aromatic heterocycles. The highest BCUT2D eigenvalue weighted by Gasteiger charge is 2.34. The number of nitrogens with one attached hydrogen (secondary N) is 2. The van der Waals surface area contributed by atoms with Gasteiger partial charge in [0.1, 0.15) is 11.7 Å². The van der Waals surface area contributed by atoms with Crippen LogP contribution in [0.15, 0.2) is 66.9 Å². The Bertz CT molecular complexity index is 1260. The quantitative estimate of drug-likeness (QED) is 0.453. The second kappa shape index (κ2) is 10.1. The highest BCUT2D eigenvalue weighted by atomic mass is 19.4. The predicted octanol–water partition coefficient (Wildman–Crippen LogP) is 5.10. The molecule has 0 saturated carbocycles. The Morgan fingerprint density at radius 1 is 0.889 bits per heavy atom. The molecule has 0 spiro atoms. The zero-order valence-corrected chi connectivity index (χ0v) is 18.7. The van der Waals surface area contributed by atoms with Crippen molar-refractivity contribution in [1.29, 1.82) is 0 Å². The van der Waals surface area contributed by atoms with Crippen molar-refractivity contribution >= 4 is 29.3 Å². The molecule has 3 N–H and O–H groups in total. The maximum absolute atomic E-state index is 12.9. The Morgan fingerprint density at radius 3 is 2.08 bits per heavy atom. The van der Waals surface area contributed by atoms with Crippen molar-refractivity contribution < 1.29 is 32.7 Å². The number of pyridine rings is 1. The average Bonchev–Trinajstić information content (AvgIpc) is 3.35. The molecule has 1 fully saturated rings. The number of likely N-dealkylation sites (tertiary alicyclic amines) is 1. The van der Waals surface area contributed by atoms with E-state index in [0.717, 1.165) is 29.8 Å². The van der Waals surface area contributed by atoms with E-state index in [1.54, 1.807) is 30.3 Å². The second-order valence-electron chi connectivity index (χ2n) is 8.16. The molecule has 0 radical (unpaired) electrons. The maximum atomic E-state index is 12.9. The lowest BCUT2D eigenvalue weighted by atomic mass is 10.1. The summed E-state index contributed by atoms with van der Waals surface area (Å²) in [7, 11) is 0. The van der Waals surface area contributed by atoms with Crippen molar-refractivity contribution in [2.75, 3.05) is 17.2 Å². The molecule has 1 atom stereocenters. The van der Waals surface area contributed by atoms with Gasteiger partial charge >= 0.3 is 18.2 Å². The molecule has 0 unspecified atom stereocenters. The fourth-order valence-electron chi connectivity index (χ4n) is 3.88. The zero-order valence-electron chi connectivity index (χ0n) is 18.7. The van der Waals surface area contributed by atoms with E-state index >= 15 is 0 Å². The number of carbonyl (C=O) groups is 3. The Hall–Kier alpha value is -4.41. The minimum absolute atomic E-state index is 0.0638. The number of amides is 3. The third-order valence-corrected chi connectivity index (χ3v) is 5.75. The van der Waals surface area contributed by atoms with E-state index < -0.39 is 29.8 Å². The highest BCUT2D eigenvalue weighted by molar-refractivity contribution is 5.99. The lowest BCUT2D eigenvalue weighted by Gasteiger charge is -2.24. The molecule has 4 rings (SSSR count). The number of carbonyl (C=O) groups excluding carboxylic acids is 2. The number of urea groups is 1. The van der Waals surface area contributed by atoms with Crippen LogP contribution in [-0.4, -0.2) is 45.5 Å². The second-order valence-corrected chi connectivity index (χ2v) is 8.16. The smallest absolute Gasteiger partial charge is 0.416 e. The van der Waals surface area contributed by atoms with E-state index in [9.17, 15) is 27.6 Å². The molecule has 36 heavy (non-hydrogen) atoms. The largest absolute Gasteiger partial charge is 0.477 e. The van der Waals surface area contributed by atoms with Crippen LogP contribution in [0.25, 0.3) is 11.1 Å². The summed E-state index contributed by atoms with van der Waals surface area (Å²) in [5.74, 6) is -1.50. The molecule has 8 nitrogen and oxygen atoms in total. The summed E-state index contributed by atoms with van der Waals surface area (Å²) >= 11 is 0. The normalized spacial score (nSPS) is 15.4.